The number of hydrogen-bond donors (Lipinski definition) is 1. The molecule has 0 aliphatic rings. The van der Waals surface area contributed by atoms with Gasteiger partial charge in [0.25, 0.3) is 5.56 Å². The number of carbonyl (C=O) groups excluding carboxylic acids is 1. The van der Waals surface area contributed by atoms with Crippen LogP contribution in [0.5, 0.6) is 0 Å². The van der Waals surface area contributed by atoms with Crippen LogP contribution in [0.2, 0.25) is 0 Å². The Labute approximate surface area is 156 Å². The molecule has 0 aliphatic heterocycles. The van der Waals surface area contributed by atoms with E-state index in [2.05, 4.69) is 10.3 Å². The second-order valence-electron chi connectivity index (χ2n) is 6.28. The average Bonchev–Trinajstić information content (AvgIpc) is 2.70. The number of amides is 1. The van der Waals surface area contributed by atoms with Crippen LogP contribution >= 0.6 is 0 Å². The van der Waals surface area contributed by atoms with Gasteiger partial charge in [0.1, 0.15) is 6.54 Å². The summed E-state index contributed by atoms with van der Waals surface area (Å²) < 4.78 is 2.48. The van der Waals surface area contributed by atoms with Crippen molar-refractivity contribution in [1.82, 2.24) is 19.4 Å². The fourth-order valence-corrected chi connectivity index (χ4v) is 2.94. The van der Waals surface area contributed by atoms with Gasteiger partial charge in [-0.2, -0.15) is 0 Å². The highest BCUT2D eigenvalue weighted by atomic mass is 16.2. The summed E-state index contributed by atoms with van der Waals surface area (Å²) in [4.78, 5) is 42.0. The summed E-state index contributed by atoms with van der Waals surface area (Å²) in [6, 6.07) is 12.9. The molecule has 1 amide bonds. The van der Waals surface area contributed by atoms with E-state index in [0.29, 0.717) is 18.5 Å². The summed E-state index contributed by atoms with van der Waals surface area (Å²) in [5.41, 5.74) is 0.653. The normalized spacial score (nSPS) is 10.9. The minimum atomic E-state index is -0.497. The Morgan fingerprint density at radius 1 is 1.07 bits per heavy atom. The summed E-state index contributed by atoms with van der Waals surface area (Å²) in [6.45, 7) is 2.57. The van der Waals surface area contributed by atoms with Gasteiger partial charge in [-0.1, -0.05) is 37.3 Å². The monoisotopic (exact) mass is 366 g/mol. The molecule has 0 bridgehead atoms. The standard InChI is InChI=1S/C20H22N4O3/c1-2-11-21-17(25)14-24-16-9-6-12-22-18(16)19(26)23(20(24)27)13-10-15-7-4-3-5-8-15/h3-9,12H,2,10-11,13-14H2,1H3,(H,21,25). The summed E-state index contributed by atoms with van der Waals surface area (Å²) in [6.07, 6.45) is 2.85. The smallest absolute Gasteiger partial charge is 0.332 e. The van der Waals surface area contributed by atoms with Crippen LogP contribution in [0.3, 0.4) is 0 Å². The zero-order valence-corrected chi connectivity index (χ0v) is 15.2. The van der Waals surface area contributed by atoms with Gasteiger partial charge < -0.3 is 5.32 Å². The Morgan fingerprint density at radius 3 is 2.59 bits per heavy atom. The van der Waals surface area contributed by atoms with Crippen LogP contribution in [0, 0.1) is 0 Å². The molecule has 0 fully saturated rings. The van der Waals surface area contributed by atoms with Crippen molar-refractivity contribution in [3.05, 3.63) is 75.1 Å². The van der Waals surface area contributed by atoms with Crippen LogP contribution in [0.1, 0.15) is 18.9 Å². The molecule has 0 aliphatic carbocycles. The molecule has 0 spiro atoms. The molecule has 1 N–H and O–H groups in total. The Hall–Kier alpha value is -3.22. The van der Waals surface area contributed by atoms with E-state index in [4.69, 9.17) is 0 Å². The summed E-state index contributed by atoms with van der Waals surface area (Å²) in [5, 5.41) is 2.76. The lowest BCUT2D eigenvalue weighted by Gasteiger charge is -2.13. The fraction of sp³-hybridized carbons (Fsp3) is 0.300. The van der Waals surface area contributed by atoms with Gasteiger partial charge in [-0.25, -0.2) is 9.78 Å². The third kappa shape index (κ3) is 4.13. The quantitative estimate of drug-likeness (QED) is 0.683. The van der Waals surface area contributed by atoms with Crippen LogP contribution in [-0.2, 0) is 24.3 Å². The topological polar surface area (TPSA) is 86.0 Å². The number of benzene rings is 1. The Bertz CT molecular complexity index is 1050. The summed E-state index contributed by atoms with van der Waals surface area (Å²) in [7, 11) is 0. The summed E-state index contributed by atoms with van der Waals surface area (Å²) >= 11 is 0. The zero-order valence-electron chi connectivity index (χ0n) is 15.2. The lowest BCUT2D eigenvalue weighted by molar-refractivity contribution is -0.121. The predicted molar refractivity (Wildman–Crippen MR) is 104 cm³/mol. The molecule has 2 aromatic heterocycles. The van der Waals surface area contributed by atoms with Crippen molar-refractivity contribution in [1.29, 1.82) is 0 Å². The van der Waals surface area contributed by atoms with Gasteiger partial charge in [0, 0.05) is 19.3 Å². The molecule has 2 heterocycles. The maximum absolute atomic E-state index is 13.0. The minimum Gasteiger partial charge on any atom is -0.355 e. The second kappa shape index (κ2) is 8.44. The zero-order chi connectivity index (χ0) is 19.2. The molecule has 7 heteroatoms. The predicted octanol–water partition coefficient (Wildman–Crippen LogP) is 1.33. The first kappa shape index (κ1) is 18.6. The van der Waals surface area contributed by atoms with Crippen LogP contribution < -0.4 is 16.6 Å². The molecule has 3 rings (SSSR count). The van der Waals surface area contributed by atoms with E-state index < -0.39 is 11.2 Å². The Balaban J connectivity index is 2.02. The third-order valence-corrected chi connectivity index (χ3v) is 4.33. The van der Waals surface area contributed by atoms with Gasteiger partial charge in [0.05, 0.1) is 5.52 Å². The van der Waals surface area contributed by atoms with E-state index in [1.807, 2.05) is 37.3 Å². The van der Waals surface area contributed by atoms with E-state index in [1.54, 1.807) is 12.1 Å². The van der Waals surface area contributed by atoms with Crippen molar-refractivity contribution in [2.75, 3.05) is 6.54 Å². The van der Waals surface area contributed by atoms with E-state index in [9.17, 15) is 14.4 Å². The number of fused-ring (bicyclic) bond motifs is 1. The van der Waals surface area contributed by atoms with Crippen molar-refractivity contribution in [2.45, 2.75) is 32.9 Å². The molecule has 27 heavy (non-hydrogen) atoms. The van der Waals surface area contributed by atoms with Crippen LogP contribution in [0.4, 0.5) is 0 Å². The molecule has 0 saturated carbocycles. The lowest BCUT2D eigenvalue weighted by Crippen LogP contribution is -2.43. The largest absolute Gasteiger partial charge is 0.355 e. The van der Waals surface area contributed by atoms with Gasteiger partial charge >= 0.3 is 5.69 Å². The molecule has 140 valence electrons. The maximum atomic E-state index is 13.0. The molecular weight excluding hydrogens is 344 g/mol. The number of nitrogens with zero attached hydrogens (tertiary/aromatic N) is 3. The number of aromatic nitrogens is 3. The first-order valence-corrected chi connectivity index (χ1v) is 9.00. The van der Waals surface area contributed by atoms with Gasteiger partial charge in [-0.05, 0) is 30.5 Å². The van der Waals surface area contributed by atoms with Crippen LogP contribution in [0.15, 0.2) is 58.3 Å². The number of rotatable bonds is 7. The van der Waals surface area contributed by atoms with Gasteiger partial charge in [-0.3, -0.25) is 18.7 Å². The molecule has 1 aromatic carbocycles. The number of carbonyl (C=O) groups is 1. The summed E-state index contributed by atoms with van der Waals surface area (Å²) in [5.74, 6) is -0.266. The van der Waals surface area contributed by atoms with E-state index in [-0.39, 0.29) is 24.5 Å². The first-order chi connectivity index (χ1) is 13.1. The van der Waals surface area contributed by atoms with Gasteiger partial charge in [0.15, 0.2) is 5.52 Å². The van der Waals surface area contributed by atoms with E-state index in [0.717, 1.165) is 16.6 Å². The first-order valence-electron chi connectivity index (χ1n) is 9.00. The van der Waals surface area contributed by atoms with E-state index in [1.165, 1.54) is 10.8 Å². The number of aryl methyl sites for hydroxylation is 1. The molecule has 0 saturated heterocycles. The van der Waals surface area contributed by atoms with Crippen molar-refractivity contribution in [2.24, 2.45) is 0 Å². The van der Waals surface area contributed by atoms with Crippen LogP contribution in [-0.4, -0.2) is 26.6 Å². The minimum absolute atomic E-state index is 0.146. The van der Waals surface area contributed by atoms with Crippen LogP contribution in [0.25, 0.3) is 11.0 Å². The molecule has 0 unspecified atom stereocenters. The Kier molecular flexibility index (Phi) is 5.80. The lowest BCUT2D eigenvalue weighted by atomic mass is 10.1. The molecule has 0 radical (unpaired) electrons. The van der Waals surface area contributed by atoms with E-state index >= 15 is 0 Å². The van der Waals surface area contributed by atoms with Gasteiger partial charge in [-0.15, -0.1) is 0 Å². The molecular formula is C20H22N4O3. The average molecular weight is 366 g/mol. The fourth-order valence-electron chi connectivity index (χ4n) is 2.94. The van der Waals surface area contributed by atoms with Crippen molar-refractivity contribution in [3.63, 3.8) is 0 Å². The molecule has 3 aromatic rings. The highest BCUT2D eigenvalue weighted by Gasteiger charge is 2.15. The SMILES string of the molecule is CCCNC(=O)Cn1c(=O)n(CCc2ccccc2)c(=O)c2ncccc21. The van der Waals surface area contributed by atoms with Crippen molar-refractivity contribution in [3.8, 4) is 0 Å². The molecule has 0 atom stereocenters. The molecule has 7 nitrogen and oxygen atoms in total. The maximum Gasteiger partial charge on any atom is 0.332 e. The highest BCUT2D eigenvalue weighted by Crippen LogP contribution is 2.05. The number of hydrogen-bond acceptors (Lipinski definition) is 4. The number of pyridine rings is 1. The second-order valence-corrected chi connectivity index (χ2v) is 6.28. The van der Waals surface area contributed by atoms with Crippen molar-refractivity contribution < 1.29 is 4.79 Å². The van der Waals surface area contributed by atoms with Gasteiger partial charge in [0.2, 0.25) is 5.91 Å². The Morgan fingerprint density at radius 2 is 1.85 bits per heavy atom. The van der Waals surface area contributed by atoms with Crippen molar-refractivity contribution >= 4 is 16.9 Å². The number of nitrogens with one attached hydrogen (secondary N) is 1. The highest BCUT2D eigenvalue weighted by molar-refractivity contribution is 5.79. The third-order valence-electron chi connectivity index (χ3n) is 4.33.